The molecule has 0 aliphatic carbocycles. The van der Waals surface area contributed by atoms with E-state index in [1.807, 2.05) is 12.4 Å². The van der Waals surface area contributed by atoms with E-state index < -0.39 is 0 Å². The van der Waals surface area contributed by atoms with Crippen LogP contribution in [0.25, 0.3) is 10.8 Å². The summed E-state index contributed by atoms with van der Waals surface area (Å²) in [5.74, 6) is 0. The van der Waals surface area contributed by atoms with Gasteiger partial charge in [-0.2, -0.15) is 0 Å². The number of aromatic nitrogens is 1. The maximum absolute atomic E-state index is 4.35. The molecular weight excluding hydrogens is 244 g/mol. The van der Waals surface area contributed by atoms with Crippen molar-refractivity contribution in [2.24, 2.45) is 5.41 Å². The highest BCUT2D eigenvalue weighted by Gasteiger charge is 2.24. The summed E-state index contributed by atoms with van der Waals surface area (Å²) in [7, 11) is 0. The molecule has 0 fully saturated rings. The molecule has 0 radical (unpaired) electrons. The first-order chi connectivity index (χ1) is 9.27. The first-order valence-electron chi connectivity index (χ1n) is 7.34. The maximum atomic E-state index is 4.35. The number of pyridine rings is 1. The Morgan fingerprint density at radius 3 is 2.40 bits per heavy atom. The number of hydrogen-bond donors (Lipinski definition) is 1. The van der Waals surface area contributed by atoms with Crippen molar-refractivity contribution in [2.45, 2.75) is 53.1 Å². The zero-order chi connectivity index (χ0) is 14.8. The molecule has 2 heteroatoms. The topological polar surface area (TPSA) is 24.9 Å². The Labute approximate surface area is 122 Å². The predicted molar refractivity (Wildman–Crippen MR) is 86.7 cm³/mol. The molecule has 0 spiro atoms. The first kappa shape index (κ1) is 15.0. The van der Waals surface area contributed by atoms with E-state index in [1.54, 1.807) is 0 Å². The van der Waals surface area contributed by atoms with E-state index in [-0.39, 0.29) is 5.54 Å². The first-order valence-corrected chi connectivity index (χ1v) is 7.34. The van der Waals surface area contributed by atoms with E-state index in [0.717, 1.165) is 13.0 Å². The van der Waals surface area contributed by atoms with Crippen molar-refractivity contribution in [2.75, 3.05) is 0 Å². The van der Waals surface area contributed by atoms with Gasteiger partial charge in [-0.05, 0) is 36.6 Å². The van der Waals surface area contributed by atoms with Crippen LogP contribution in [0, 0.1) is 5.41 Å². The Hall–Kier alpha value is -1.41. The summed E-state index contributed by atoms with van der Waals surface area (Å²) >= 11 is 0. The van der Waals surface area contributed by atoms with Gasteiger partial charge in [-0.3, -0.25) is 4.98 Å². The molecular formula is C18H26N2. The third-order valence-electron chi connectivity index (χ3n) is 3.48. The van der Waals surface area contributed by atoms with Crippen LogP contribution in [-0.2, 0) is 6.54 Å². The van der Waals surface area contributed by atoms with E-state index in [0.29, 0.717) is 5.41 Å². The molecule has 1 heterocycles. The van der Waals surface area contributed by atoms with Crippen molar-refractivity contribution in [3.05, 3.63) is 42.2 Å². The number of fused-ring (bicyclic) bond motifs is 1. The number of hydrogen-bond acceptors (Lipinski definition) is 2. The van der Waals surface area contributed by atoms with Gasteiger partial charge in [0.1, 0.15) is 0 Å². The second kappa shape index (κ2) is 5.53. The van der Waals surface area contributed by atoms with Gasteiger partial charge in [0, 0.05) is 29.9 Å². The fourth-order valence-corrected chi connectivity index (χ4v) is 3.04. The van der Waals surface area contributed by atoms with Crippen LogP contribution in [-0.4, -0.2) is 10.5 Å². The molecule has 2 rings (SSSR count). The van der Waals surface area contributed by atoms with Gasteiger partial charge in [-0.1, -0.05) is 45.0 Å². The average Bonchev–Trinajstić information content (AvgIpc) is 2.33. The molecule has 0 atom stereocenters. The van der Waals surface area contributed by atoms with Crippen LogP contribution >= 0.6 is 0 Å². The Kier molecular flexibility index (Phi) is 4.14. The highest BCUT2D eigenvalue weighted by molar-refractivity contribution is 5.84. The number of rotatable bonds is 4. The summed E-state index contributed by atoms with van der Waals surface area (Å²) in [5.41, 5.74) is 1.72. The highest BCUT2D eigenvalue weighted by Crippen LogP contribution is 2.27. The van der Waals surface area contributed by atoms with Crippen LogP contribution in [0.2, 0.25) is 0 Å². The Bertz CT molecular complexity index is 574. The average molecular weight is 270 g/mol. The van der Waals surface area contributed by atoms with Gasteiger partial charge in [0.25, 0.3) is 0 Å². The molecule has 1 N–H and O–H groups in total. The second-order valence-electron chi connectivity index (χ2n) is 7.49. The SMILES string of the molecule is CC(C)(C)CC(C)(C)NCc1cncc2ccccc12. The van der Waals surface area contributed by atoms with E-state index in [4.69, 9.17) is 0 Å². The molecule has 0 unspecified atom stereocenters. The number of nitrogens with zero attached hydrogens (tertiary/aromatic N) is 1. The summed E-state index contributed by atoms with van der Waals surface area (Å²) in [6, 6.07) is 8.44. The van der Waals surface area contributed by atoms with Gasteiger partial charge in [0.2, 0.25) is 0 Å². The van der Waals surface area contributed by atoms with Gasteiger partial charge in [-0.15, -0.1) is 0 Å². The fraction of sp³-hybridized carbons (Fsp3) is 0.500. The molecule has 2 aromatic rings. The smallest absolute Gasteiger partial charge is 0.0346 e. The van der Waals surface area contributed by atoms with Gasteiger partial charge >= 0.3 is 0 Å². The molecule has 0 aliphatic rings. The summed E-state index contributed by atoms with van der Waals surface area (Å²) in [6.45, 7) is 12.3. The minimum atomic E-state index is 0.120. The van der Waals surface area contributed by atoms with Gasteiger partial charge in [0.15, 0.2) is 0 Å². The normalized spacial score (nSPS) is 12.8. The van der Waals surface area contributed by atoms with Crippen LogP contribution in [0.5, 0.6) is 0 Å². The van der Waals surface area contributed by atoms with E-state index in [9.17, 15) is 0 Å². The third-order valence-corrected chi connectivity index (χ3v) is 3.48. The van der Waals surface area contributed by atoms with Crippen LogP contribution in [0.4, 0.5) is 0 Å². The second-order valence-corrected chi connectivity index (χ2v) is 7.49. The monoisotopic (exact) mass is 270 g/mol. The molecule has 0 saturated carbocycles. The molecule has 0 saturated heterocycles. The number of nitrogens with one attached hydrogen (secondary N) is 1. The maximum Gasteiger partial charge on any atom is 0.0346 e. The lowest BCUT2D eigenvalue weighted by atomic mass is 9.81. The summed E-state index contributed by atoms with van der Waals surface area (Å²) < 4.78 is 0. The highest BCUT2D eigenvalue weighted by atomic mass is 15.0. The zero-order valence-electron chi connectivity index (χ0n) is 13.3. The Morgan fingerprint density at radius 1 is 1.00 bits per heavy atom. The number of benzene rings is 1. The largest absolute Gasteiger partial charge is 0.308 e. The van der Waals surface area contributed by atoms with E-state index >= 15 is 0 Å². The Morgan fingerprint density at radius 2 is 1.70 bits per heavy atom. The molecule has 108 valence electrons. The summed E-state index contributed by atoms with van der Waals surface area (Å²) in [4.78, 5) is 4.35. The van der Waals surface area contributed by atoms with Crippen molar-refractivity contribution < 1.29 is 0 Å². The van der Waals surface area contributed by atoms with Gasteiger partial charge < -0.3 is 5.32 Å². The van der Waals surface area contributed by atoms with Gasteiger partial charge in [-0.25, -0.2) is 0 Å². The van der Waals surface area contributed by atoms with Crippen LogP contribution in [0.15, 0.2) is 36.7 Å². The molecule has 0 bridgehead atoms. The van der Waals surface area contributed by atoms with Gasteiger partial charge in [0.05, 0.1) is 0 Å². The lowest BCUT2D eigenvalue weighted by molar-refractivity contribution is 0.241. The van der Waals surface area contributed by atoms with Crippen LogP contribution in [0.3, 0.4) is 0 Å². The lowest BCUT2D eigenvalue weighted by Crippen LogP contribution is -2.41. The Balaban J connectivity index is 2.13. The van der Waals surface area contributed by atoms with Crippen molar-refractivity contribution in [3.8, 4) is 0 Å². The van der Waals surface area contributed by atoms with Crippen molar-refractivity contribution in [1.82, 2.24) is 10.3 Å². The minimum absolute atomic E-state index is 0.120. The van der Waals surface area contributed by atoms with E-state index in [1.165, 1.54) is 16.3 Å². The van der Waals surface area contributed by atoms with E-state index in [2.05, 4.69) is 69.2 Å². The summed E-state index contributed by atoms with van der Waals surface area (Å²) in [5, 5.41) is 6.19. The molecule has 1 aromatic heterocycles. The zero-order valence-corrected chi connectivity index (χ0v) is 13.3. The molecule has 2 nitrogen and oxygen atoms in total. The van der Waals surface area contributed by atoms with Crippen molar-refractivity contribution in [3.63, 3.8) is 0 Å². The molecule has 20 heavy (non-hydrogen) atoms. The third kappa shape index (κ3) is 4.04. The molecule has 1 aromatic carbocycles. The minimum Gasteiger partial charge on any atom is -0.308 e. The molecule has 0 amide bonds. The quantitative estimate of drug-likeness (QED) is 0.882. The van der Waals surface area contributed by atoms with Crippen LogP contribution < -0.4 is 5.32 Å². The molecule has 0 aliphatic heterocycles. The van der Waals surface area contributed by atoms with Crippen molar-refractivity contribution in [1.29, 1.82) is 0 Å². The summed E-state index contributed by atoms with van der Waals surface area (Å²) in [6.07, 6.45) is 5.04. The predicted octanol–water partition coefficient (Wildman–Crippen LogP) is 4.54. The van der Waals surface area contributed by atoms with Crippen molar-refractivity contribution >= 4 is 10.8 Å². The standard InChI is InChI=1S/C18H26N2/c1-17(2,3)13-18(4,5)20-12-15-11-19-10-14-8-6-7-9-16(14)15/h6-11,20H,12-13H2,1-5H3. The van der Waals surface area contributed by atoms with Crippen LogP contribution in [0.1, 0.15) is 46.6 Å². The fourth-order valence-electron chi connectivity index (χ4n) is 3.04. The lowest BCUT2D eigenvalue weighted by Gasteiger charge is -2.33.